The van der Waals surface area contributed by atoms with Gasteiger partial charge in [-0.3, -0.25) is 9.59 Å². The van der Waals surface area contributed by atoms with E-state index in [1.54, 1.807) is 38.5 Å². The standard InChI is InChI=1S/C20H21ClO6/c1-24-17-8-6-14(11-15(17)21)16(22)12-27-20(23)9-5-13-4-7-18(25-2)19(10-13)26-3/h4,6-8,10-11H,5,9,12H2,1-3H3. The molecule has 0 aromatic heterocycles. The second kappa shape index (κ2) is 9.83. The monoisotopic (exact) mass is 392 g/mol. The molecule has 144 valence electrons. The summed E-state index contributed by atoms with van der Waals surface area (Å²) in [5, 5.41) is 0.322. The SMILES string of the molecule is COc1ccc(C(=O)COC(=O)CCc2ccc(OC)c(OC)c2)cc1Cl. The summed E-state index contributed by atoms with van der Waals surface area (Å²) < 4.78 is 20.5. The highest BCUT2D eigenvalue weighted by atomic mass is 35.5. The number of Topliss-reactive ketones (excluding diaryl/α,β-unsaturated/α-hetero) is 1. The van der Waals surface area contributed by atoms with Crippen LogP contribution in [-0.2, 0) is 16.0 Å². The Morgan fingerprint density at radius 2 is 1.56 bits per heavy atom. The Hall–Kier alpha value is -2.73. The number of carbonyl (C=O) groups excluding carboxylic acids is 2. The number of esters is 1. The van der Waals surface area contributed by atoms with Crippen molar-refractivity contribution in [1.29, 1.82) is 0 Å². The van der Waals surface area contributed by atoms with Crippen LogP contribution in [0.5, 0.6) is 17.2 Å². The van der Waals surface area contributed by atoms with Crippen LogP contribution in [0.4, 0.5) is 0 Å². The number of carbonyl (C=O) groups is 2. The molecule has 2 rings (SSSR count). The Morgan fingerprint density at radius 1 is 0.889 bits per heavy atom. The third-order valence-corrected chi connectivity index (χ3v) is 4.20. The molecule has 27 heavy (non-hydrogen) atoms. The molecule has 0 amide bonds. The van der Waals surface area contributed by atoms with Crippen LogP contribution >= 0.6 is 11.6 Å². The first-order valence-electron chi connectivity index (χ1n) is 8.21. The first kappa shape index (κ1) is 20.6. The molecule has 0 atom stereocenters. The van der Waals surface area contributed by atoms with Gasteiger partial charge in [0, 0.05) is 12.0 Å². The highest BCUT2D eigenvalue weighted by molar-refractivity contribution is 6.32. The van der Waals surface area contributed by atoms with Crippen LogP contribution < -0.4 is 14.2 Å². The molecule has 0 aliphatic rings. The zero-order valence-electron chi connectivity index (χ0n) is 15.4. The molecule has 0 N–H and O–H groups in total. The van der Waals surface area contributed by atoms with Crippen molar-refractivity contribution in [2.24, 2.45) is 0 Å². The van der Waals surface area contributed by atoms with E-state index in [4.69, 9.17) is 30.5 Å². The van der Waals surface area contributed by atoms with E-state index in [0.717, 1.165) is 5.56 Å². The molecule has 0 radical (unpaired) electrons. The quantitative estimate of drug-likeness (QED) is 0.478. The molecular formula is C20H21ClO6. The summed E-state index contributed by atoms with van der Waals surface area (Å²) in [4.78, 5) is 24.0. The largest absolute Gasteiger partial charge is 0.495 e. The van der Waals surface area contributed by atoms with Crippen molar-refractivity contribution in [2.45, 2.75) is 12.8 Å². The van der Waals surface area contributed by atoms with Crippen molar-refractivity contribution in [3.63, 3.8) is 0 Å². The predicted octanol–water partition coefficient (Wildman–Crippen LogP) is 3.72. The number of methoxy groups -OCH3 is 3. The Labute approximate surface area is 162 Å². The van der Waals surface area contributed by atoms with E-state index in [1.807, 2.05) is 6.07 Å². The van der Waals surface area contributed by atoms with E-state index in [9.17, 15) is 9.59 Å². The van der Waals surface area contributed by atoms with Crippen molar-refractivity contribution in [3.05, 3.63) is 52.5 Å². The van der Waals surface area contributed by atoms with Gasteiger partial charge in [0.25, 0.3) is 0 Å². The Kier molecular flexibility index (Phi) is 7.49. The third-order valence-electron chi connectivity index (χ3n) is 3.90. The fraction of sp³-hybridized carbons (Fsp3) is 0.300. The van der Waals surface area contributed by atoms with Crippen molar-refractivity contribution in [2.75, 3.05) is 27.9 Å². The number of rotatable bonds is 9. The van der Waals surface area contributed by atoms with Gasteiger partial charge in [-0.1, -0.05) is 17.7 Å². The highest BCUT2D eigenvalue weighted by Crippen LogP contribution is 2.28. The molecule has 0 spiro atoms. The normalized spacial score (nSPS) is 10.2. The number of ether oxygens (including phenoxy) is 4. The first-order valence-corrected chi connectivity index (χ1v) is 8.59. The summed E-state index contributed by atoms with van der Waals surface area (Å²) in [5.74, 6) is 0.888. The summed E-state index contributed by atoms with van der Waals surface area (Å²) >= 11 is 6.00. The maximum Gasteiger partial charge on any atom is 0.306 e. The molecule has 0 aliphatic carbocycles. The number of hydrogen-bond donors (Lipinski definition) is 0. The fourth-order valence-electron chi connectivity index (χ4n) is 2.42. The van der Waals surface area contributed by atoms with Gasteiger partial charge >= 0.3 is 5.97 Å². The number of aryl methyl sites for hydroxylation is 1. The number of hydrogen-bond acceptors (Lipinski definition) is 6. The van der Waals surface area contributed by atoms with Crippen LogP contribution in [0.1, 0.15) is 22.3 Å². The van der Waals surface area contributed by atoms with Crippen LogP contribution in [0.2, 0.25) is 5.02 Å². The van der Waals surface area contributed by atoms with Crippen LogP contribution in [0, 0.1) is 0 Å². The van der Waals surface area contributed by atoms with Gasteiger partial charge < -0.3 is 18.9 Å². The number of benzene rings is 2. The Morgan fingerprint density at radius 3 is 2.19 bits per heavy atom. The van der Waals surface area contributed by atoms with E-state index in [-0.39, 0.29) is 18.8 Å². The summed E-state index contributed by atoms with van der Waals surface area (Å²) in [5.41, 5.74) is 1.26. The van der Waals surface area contributed by atoms with Crippen molar-refractivity contribution in [3.8, 4) is 17.2 Å². The molecule has 0 aliphatic heterocycles. The van der Waals surface area contributed by atoms with Crippen LogP contribution in [0.3, 0.4) is 0 Å². The summed E-state index contributed by atoms with van der Waals surface area (Å²) in [7, 11) is 4.59. The van der Waals surface area contributed by atoms with E-state index in [2.05, 4.69) is 0 Å². The predicted molar refractivity (Wildman–Crippen MR) is 101 cm³/mol. The molecule has 0 saturated heterocycles. The Balaban J connectivity index is 1.85. The van der Waals surface area contributed by atoms with Gasteiger partial charge in [0.15, 0.2) is 23.9 Å². The number of ketones is 1. The lowest BCUT2D eigenvalue weighted by Gasteiger charge is -2.09. The summed E-state index contributed by atoms with van der Waals surface area (Å²) in [6, 6.07) is 10.1. The van der Waals surface area contributed by atoms with Crippen molar-refractivity contribution >= 4 is 23.4 Å². The summed E-state index contributed by atoms with van der Waals surface area (Å²) in [6.45, 7) is -0.340. The zero-order valence-corrected chi connectivity index (χ0v) is 16.2. The maximum atomic E-state index is 12.1. The minimum absolute atomic E-state index is 0.145. The lowest BCUT2D eigenvalue weighted by Crippen LogP contribution is -2.14. The van der Waals surface area contributed by atoms with Gasteiger partial charge in [0.05, 0.1) is 26.4 Å². The second-order valence-corrected chi connectivity index (χ2v) is 6.03. The maximum absolute atomic E-state index is 12.1. The van der Waals surface area contributed by atoms with Gasteiger partial charge in [0.1, 0.15) is 5.75 Å². The topological polar surface area (TPSA) is 71.1 Å². The van der Waals surface area contributed by atoms with E-state index in [1.165, 1.54) is 13.2 Å². The van der Waals surface area contributed by atoms with Gasteiger partial charge in [-0.25, -0.2) is 0 Å². The van der Waals surface area contributed by atoms with Gasteiger partial charge in [0.2, 0.25) is 0 Å². The van der Waals surface area contributed by atoms with E-state index >= 15 is 0 Å². The van der Waals surface area contributed by atoms with Gasteiger partial charge in [-0.15, -0.1) is 0 Å². The average molecular weight is 393 g/mol. The molecule has 0 bridgehead atoms. The lowest BCUT2D eigenvalue weighted by molar-refractivity contribution is -0.142. The minimum Gasteiger partial charge on any atom is -0.495 e. The van der Waals surface area contributed by atoms with Gasteiger partial charge in [-0.2, -0.15) is 0 Å². The molecule has 6 nitrogen and oxygen atoms in total. The number of halogens is 1. The molecule has 7 heteroatoms. The van der Waals surface area contributed by atoms with Crippen LogP contribution in [0.15, 0.2) is 36.4 Å². The highest BCUT2D eigenvalue weighted by Gasteiger charge is 2.13. The van der Waals surface area contributed by atoms with Crippen LogP contribution in [0.25, 0.3) is 0 Å². The Bertz CT molecular complexity index is 818. The third kappa shape index (κ3) is 5.62. The lowest BCUT2D eigenvalue weighted by atomic mass is 10.1. The van der Waals surface area contributed by atoms with Crippen LogP contribution in [-0.4, -0.2) is 39.7 Å². The minimum atomic E-state index is -0.460. The van der Waals surface area contributed by atoms with Gasteiger partial charge in [-0.05, 0) is 42.3 Å². The molecule has 2 aromatic carbocycles. The molecule has 0 saturated carbocycles. The van der Waals surface area contributed by atoms with Crippen molar-refractivity contribution < 1.29 is 28.5 Å². The van der Waals surface area contributed by atoms with E-state index < -0.39 is 5.97 Å². The van der Waals surface area contributed by atoms with Crippen molar-refractivity contribution in [1.82, 2.24) is 0 Å². The molecule has 0 fully saturated rings. The molecular weight excluding hydrogens is 372 g/mol. The van der Waals surface area contributed by atoms with E-state index in [0.29, 0.717) is 34.3 Å². The molecule has 2 aromatic rings. The first-order chi connectivity index (χ1) is 13.0. The summed E-state index contributed by atoms with van der Waals surface area (Å²) in [6.07, 6.45) is 0.605. The average Bonchev–Trinajstić information content (AvgIpc) is 2.69. The zero-order chi connectivity index (χ0) is 19.8. The molecule has 0 unspecified atom stereocenters. The molecule has 0 heterocycles. The fourth-order valence-corrected chi connectivity index (χ4v) is 2.68. The smallest absolute Gasteiger partial charge is 0.306 e. The second-order valence-electron chi connectivity index (χ2n) is 5.62.